The molecule has 6 nitrogen and oxygen atoms in total. The number of aliphatic hydroxyl groups is 1. The van der Waals surface area contributed by atoms with Crippen LogP contribution >= 0.6 is 24.0 Å². The van der Waals surface area contributed by atoms with Gasteiger partial charge in [0.2, 0.25) is 5.91 Å². The van der Waals surface area contributed by atoms with E-state index >= 15 is 0 Å². The Kier molecular flexibility index (Phi) is 8.47. The van der Waals surface area contributed by atoms with Gasteiger partial charge in [-0.15, -0.1) is 24.0 Å². The Morgan fingerprint density at radius 3 is 2.41 bits per heavy atom. The molecule has 0 saturated carbocycles. The highest BCUT2D eigenvalue weighted by molar-refractivity contribution is 14.0. The Bertz CT molecular complexity index is 664. The predicted octanol–water partition coefficient (Wildman–Crippen LogP) is 2.38. The molecule has 2 rings (SSSR count). The normalized spacial score (nSPS) is 18.4. The Hall–Kier alpha value is -1.42. The molecule has 1 aromatic carbocycles. The molecule has 0 bridgehead atoms. The third-order valence-corrected chi connectivity index (χ3v) is 4.56. The van der Waals surface area contributed by atoms with E-state index in [9.17, 15) is 14.3 Å². The number of hydrogen-bond acceptors (Lipinski definition) is 3. The lowest BCUT2D eigenvalue weighted by atomic mass is 9.96. The summed E-state index contributed by atoms with van der Waals surface area (Å²) in [7, 11) is 1.65. The van der Waals surface area contributed by atoms with Crippen LogP contribution in [0.3, 0.4) is 0 Å². The Balaban J connectivity index is 0.00000364. The molecule has 27 heavy (non-hydrogen) atoms. The van der Waals surface area contributed by atoms with Gasteiger partial charge in [0.1, 0.15) is 5.82 Å². The van der Waals surface area contributed by atoms with E-state index in [1.165, 1.54) is 12.1 Å². The molecule has 0 spiro atoms. The molecule has 1 saturated heterocycles. The number of nitrogens with one attached hydrogen (secondary N) is 1. The summed E-state index contributed by atoms with van der Waals surface area (Å²) in [6.45, 7) is 9.22. The van der Waals surface area contributed by atoms with E-state index in [0.29, 0.717) is 18.1 Å². The molecule has 1 heterocycles. The first kappa shape index (κ1) is 23.6. The topological polar surface area (TPSA) is 68.2 Å². The number of aliphatic hydroxyl groups excluding tert-OH is 1. The molecule has 2 N–H and O–H groups in total. The van der Waals surface area contributed by atoms with Gasteiger partial charge < -0.3 is 20.2 Å². The van der Waals surface area contributed by atoms with Crippen molar-refractivity contribution in [1.82, 2.24) is 15.1 Å². The summed E-state index contributed by atoms with van der Waals surface area (Å²) in [5, 5.41) is 13.4. The van der Waals surface area contributed by atoms with Gasteiger partial charge in [0.05, 0.1) is 18.2 Å². The standard InChI is InChI=1S/C19H29FN4O2.HI/c1-13(2)24-17(26)11-23(12-19(24,3)4)18(21-5)22-10-16(25)14-6-8-15(20)9-7-14;/h6-9,13,16,25H,10-12H2,1-5H3,(H,21,22);1H. The van der Waals surface area contributed by atoms with Crippen LogP contribution in [0.15, 0.2) is 29.3 Å². The van der Waals surface area contributed by atoms with Gasteiger partial charge in [-0.3, -0.25) is 9.79 Å². The number of nitrogens with zero attached hydrogens (tertiary/aromatic N) is 3. The maximum absolute atomic E-state index is 13.0. The Labute approximate surface area is 177 Å². The van der Waals surface area contributed by atoms with Crippen molar-refractivity contribution in [3.63, 3.8) is 0 Å². The van der Waals surface area contributed by atoms with Gasteiger partial charge in [-0.25, -0.2) is 4.39 Å². The van der Waals surface area contributed by atoms with Gasteiger partial charge in [0.25, 0.3) is 0 Å². The number of benzene rings is 1. The molecular formula is C19H30FIN4O2. The molecule has 1 aliphatic heterocycles. The number of rotatable bonds is 4. The molecule has 0 radical (unpaired) electrons. The molecule has 0 aromatic heterocycles. The van der Waals surface area contributed by atoms with Crippen molar-refractivity contribution in [3.05, 3.63) is 35.6 Å². The molecule has 1 amide bonds. The minimum Gasteiger partial charge on any atom is -0.387 e. The van der Waals surface area contributed by atoms with Crippen molar-refractivity contribution in [1.29, 1.82) is 0 Å². The number of amides is 1. The molecular weight excluding hydrogens is 462 g/mol. The van der Waals surface area contributed by atoms with E-state index in [1.54, 1.807) is 19.2 Å². The zero-order valence-electron chi connectivity index (χ0n) is 16.6. The molecule has 152 valence electrons. The summed E-state index contributed by atoms with van der Waals surface area (Å²) in [4.78, 5) is 20.6. The number of carbonyl (C=O) groups excluding carboxylic acids is 1. The molecule has 1 fully saturated rings. The fraction of sp³-hybridized carbons (Fsp3) is 0.579. The van der Waals surface area contributed by atoms with Gasteiger partial charge in [0, 0.05) is 26.2 Å². The lowest BCUT2D eigenvalue weighted by Crippen LogP contribution is -2.66. The monoisotopic (exact) mass is 492 g/mol. The number of carbonyl (C=O) groups is 1. The zero-order chi connectivity index (χ0) is 19.5. The quantitative estimate of drug-likeness (QED) is 0.385. The minimum absolute atomic E-state index is 0. The van der Waals surface area contributed by atoms with Crippen LogP contribution < -0.4 is 5.32 Å². The molecule has 1 aromatic rings. The third kappa shape index (κ3) is 5.78. The van der Waals surface area contributed by atoms with Crippen LogP contribution in [0.1, 0.15) is 39.4 Å². The van der Waals surface area contributed by atoms with Crippen molar-refractivity contribution in [2.75, 3.05) is 26.7 Å². The van der Waals surface area contributed by atoms with Gasteiger partial charge in [-0.1, -0.05) is 12.1 Å². The molecule has 1 atom stereocenters. The van der Waals surface area contributed by atoms with Crippen LogP contribution in [0.2, 0.25) is 0 Å². The average molecular weight is 492 g/mol. The van der Waals surface area contributed by atoms with Crippen LogP contribution in [0.25, 0.3) is 0 Å². The van der Waals surface area contributed by atoms with Crippen LogP contribution in [0, 0.1) is 5.82 Å². The van der Waals surface area contributed by atoms with Crippen LogP contribution in [0.5, 0.6) is 0 Å². The summed E-state index contributed by atoms with van der Waals surface area (Å²) in [6.07, 6.45) is -0.798. The zero-order valence-corrected chi connectivity index (χ0v) is 18.9. The summed E-state index contributed by atoms with van der Waals surface area (Å²) in [5.74, 6) is 0.280. The molecule has 0 aliphatic carbocycles. The van der Waals surface area contributed by atoms with Crippen LogP contribution in [-0.2, 0) is 4.79 Å². The van der Waals surface area contributed by atoms with E-state index in [0.717, 1.165) is 0 Å². The summed E-state index contributed by atoms with van der Waals surface area (Å²) < 4.78 is 13.0. The van der Waals surface area contributed by atoms with E-state index in [1.807, 2.05) is 37.5 Å². The number of halogens is 2. The van der Waals surface area contributed by atoms with Crippen molar-refractivity contribution < 1.29 is 14.3 Å². The van der Waals surface area contributed by atoms with Gasteiger partial charge >= 0.3 is 0 Å². The SMILES string of the molecule is CN=C(NCC(O)c1ccc(F)cc1)N1CC(=O)N(C(C)C)C(C)(C)C1.I. The fourth-order valence-electron chi connectivity index (χ4n) is 3.64. The second kappa shape index (κ2) is 9.68. The van der Waals surface area contributed by atoms with Crippen molar-refractivity contribution in [2.24, 2.45) is 4.99 Å². The minimum atomic E-state index is -0.798. The van der Waals surface area contributed by atoms with Crippen LogP contribution in [-0.4, -0.2) is 65.0 Å². The Morgan fingerprint density at radius 2 is 1.93 bits per heavy atom. The maximum atomic E-state index is 13.0. The number of piperazine rings is 1. The van der Waals surface area contributed by atoms with E-state index < -0.39 is 6.10 Å². The highest BCUT2D eigenvalue weighted by Crippen LogP contribution is 2.24. The lowest BCUT2D eigenvalue weighted by molar-refractivity contribution is -0.145. The van der Waals surface area contributed by atoms with Crippen molar-refractivity contribution in [3.8, 4) is 0 Å². The number of hydrogen-bond donors (Lipinski definition) is 2. The first-order chi connectivity index (χ1) is 12.2. The van der Waals surface area contributed by atoms with Crippen molar-refractivity contribution in [2.45, 2.75) is 45.4 Å². The second-order valence-corrected chi connectivity index (χ2v) is 7.52. The maximum Gasteiger partial charge on any atom is 0.242 e. The Morgan fingerprint density at radius 1 is 1.33 bits per heavy atom. The summed E-state index contributed by atoms with van der Waals surface area (Å²) in [5.41, 5.74) is 0.298. The molecule has 1 aliphatic rings. The van der Waals surface area contributed by atoms with Gasteiger partial charge in [-0.05, 0) is 45.4 Å². The van der Waals surface area contributed by atoms with Crippen molar-refractivity contribution >= 4 is 35.8 Å². The highest BCUT2D eigenvalue weighted by Gasteiger charge is 2.40. The second-order valence-electron chi connectivity index (χ2n) is 7.52. The largest absolute Gasteiger partial charge is 0.387 e. The summed E-state index contributed by atoms with van der Waals surface area (Å²) >= 11 is 0. The first-order valence-corrected chi connectivity index (χ1v) is 8.87. The average Bonchev–Trinajstić information content (AvgIpc) is 2.53. The molecule has 8 heteroatoms. The van der Waals surface area contributed by atoms with Gasteiger partial charge in [0.15, 0.2) is 5.96 Å². The first-order valence-electron chi connectivity index (χ1n) is 8.87. The van der Waals surface area contributed by atoms with Gasteiger partial charge in [-0.2, -0.15) is 0 Å². The van der Waals surface area contributed by atoms with Crippen LogP contribution in [0.4, 0.5) is 4.39 Å². The summed E-state index contributed by atoms with van der Waals surface area (Å²) in [6, 6.07) is 5.88. The lowest BCUT2D eigenvalue weighted by Gasteiger charge is -2.49. The predicted molar refractivity (Wildman–Crippen MR) is 116 cm³/mol. The molecule has 1 unspecified atom stereocenters. The van der Waals surface area contributed by atoms with E-state index in [4.69, 9.17) is 0 Å². The third-order valence-electron chi connectivity index (χ3n) is 4.56. The smallest absolute Gasteiger partial charge is 0.242 e. The number of guanidine groups is 1. The number of aliphatic imine (C=N–C) groups is 1. The van der Waals surface area contributed by atoms with E-state index in [2.05, 4.69) is 10.3 Å². The fourth-order valence-corrected chi connectivity index (χ4v) is 3.64. The van der Waals surface area contributed by atoms with E-state index in [-0.39, 0.29) is 60.4 Å². The highest BCUT2D eigenvalue weighted by atomic mass is 127.